The molecule has 6 nitrogen and oxygen atoms in total. The van der Waals surface area contributed by atoms with E-state index in [-0.39, 0.29) is 11.7 Å². The molecule has 0 spiro atoms. The lowest BCUT2D eigenvalue weighted by Gasteiger charge is -2.07. The third-order valence-electron chi connectivity index (χ3n) is 4.08. The number of nitrogens with zero attached hydrogens (tertiary/aromatic N) is 3. The fourth-order valence-electron chi connectivity index (χ4n) is 2.59. The number of halogens is 2. The van der Waals surface area contributed by atoms with Crippen molar-refractivity contribution in [3.05, 3.63) is 63.9 Å². The molecule has 0 aliphatic heterocycles. The number of carbonyl (C=O) groups excluding carboxylic acids is 1. The Hall–Kier alpha value is -2.41. The van der Waals surface area contributed by atoms with E-state index in [0.717, 1.165) is 11.1 Å². The quantitative estimate of drug-likeness (QED) is 0.580. The Morgan fingerprint density at radius 3 is 2.57 bits per heavy atom. The molecule has 1 N–H and O–H groups in total. The normalized spacial score (nSPS) is 10.9. The summed E-state index contributed by atoms with van der Waals surface area (Å²) in [7, 11) is 1.62. The van der Waals surface area contributed by atoms with Crippen LogP contribution in [0, 0.1) is 6.92 Å². The fraction of sp³-hybridized carbons (Fsp3) is 0.250. The van der Waals surface area contributed by atoms with E-state index in [2.05, 4.69) is 15.4 Å². The van der Waals surface area contributed by atoms with Crippen LogP contribution in [0.25, 0.3) is 17.1 Å². The van der Waals surface area contributed by atoms with Crippen LogP contribution in [0.4, 0.5) is 0 Å². The van der Waals surface area contributed by atoms with Gasteiger partial charge in [-0.25, -0.2) is 9.67 Å². The maximum absolute atomic E-state index is 12.5. The summed E-state index contributed by atoms with van der Waals surface area (Å²) in [6.07, 6.45) is 0.709. The standard InChI is InChI=1S/C20H20Cl2N4O2/c1-13-4-6-14(7-5-13)19-24-18(20(27)23-10-3-11-28-2)25-26(19)15-8-9-16(21)17(22)12-15/h4-9,12H,3,10-11H2,1-2H3,(H,23,27). The SMILES string of the molecule is COCCCNC(=O)c1nc(-c2ccc(C)cc2)n(-c2ccc(Cl)c(Cl)c2)n1. The summed E-state index contributed by atoms with van der Waals surface area (Å²) in [5.74, 6) is 0.280. The van der Waals surface area contributed by atoms with E-state index in [4.69, 9.17) is 27.9 Å². The topological polar surface area (TPSA) is 69.0 Å². The molecule has 2 aromatic carbocycles. The van der Waals surface area contributed by atoms with Crippen molar-refractivity contribution < 1.29 is 9.53 Å². The van der Waals surface area contributed by atoms with Gasteiger partial charge in [0.15, 0.2) is 5.82 Å². The Balaban J connectivity index is 1.98. The van der Waals surface area contributed by atoms with Crippen LogP contribution in [-0.2, 0) is 4.74 Å². The molecule has 0 unspecified atom stereocenters. The van der Waals surface area contributed by atoms with Crippen LogP contribution in [0.3, 0.4) is 0 Å². The maximum Gasteiger partial charge on any atom is 0.290 e. The first-order valence-corrected chi connectivity index (χ1v) is 9.52. The molecular weight excluding hydrogens is 399 g/mol. The van der Waals surface area contributed by atoms with Gasteiger partial charge in [-0.3, -0.25) is 4.79 Å². The summed E-state index contributed by atoms with van der Waals surface area (Å²) in [5.41, 5.74) is 2.62. The van der Waals surface area contributed by atoms with Crippen molar-refractivity contribution in [2.45, 2.75) is 13.3 Å². The van der Waals surface area contributed by atoms with Gasteiger partial charge < -0.3 is 10.1 Å². The fourth-order valence-corrected chi connectivity index (χ4v) is 2.88. The largest absolute Gasteiger partial charge is 0.385 e. The molecule has 0 atom stereocenters. The molecular formula is C20H20Cl2N4O2. The van der Waals surface area contributed by atoms with Gasteiger partial charge >= 0.3 is 0 Å². The first-order chi connectivity index (χ1) is 13.5. The number of ether oxygens (including phenoxy) is 1. The monoisotopic (exact) mass is 418 g/mol. The van der Waals surface area contributed by atoms with E-state index < -0.39 is 0 Å². The summed E-state index contributed by atoms with van der Waals surface area (Å²) in [6.45, 7) is 3.06. The molecule has 1 aromatic heterocycles. The summed E-state index contributed by atoms with van der Waals surface area (Å²) in [4.78, 5) is 16.9. The number of methoxy groups -OCH3 is 1. The number of nitrogens with one attached hydrogen (secondary N) is 1. The zero-order chi connectivity index (χ0) is 20.1. The molecule has 28 heavy (non-hydrogen) atoms. The Morgan fingerprint density at radius 2 is 1.89 bits per heavy atom. The van der Waals surface area contributed by atoms with Gasteiger partial charge in [0.1, 0.15) is 0 Å². The van der Waals surface area contributed by atoms with Gasteiger partial charge in [-0.2, -0.15) is 0 Å². The lowest BCUT2D eigenvalue weighted by atomic mass is 10.1. The molecule has 146 valence electrons. The Kier molecular flexibility index (Phi) is 6.67. The highest BCUT2D eigenvalue weighted by Crippen LogP contribution is 2.27. The molecule has 8 heteroatoms. The van der Waals surface area contributed by atoms with Crippen LogP contribution in [0.5, 0.6) is 0 Å². The van der Waals surface area contributed by atoms with E-state index in [1.165, 1.54) is 0 Å². The van der Waals surface area contributed by atoms with Crippen molar-refractivity contribution >= 4 is 29.1 Å². The Morgan fingerprint density at radius 1 is 1.14 bits per heavy atom. The van der Waals surface area contributed by atoms with Crippen molar-refractivity contribution in [3.63, 3.8) is 0 Å². The third kappa shape index (κ3) is 4.70. The van der Waals surface area contributed by atoms with E-state index in [0.29, 0.717) is 41.1 Å². The Bertz CT molecular complexity index is 971. The van der Waals surface area contributed by atoms with Gasteiger partial charge in [-0.15, -0.1) is 5.10 Å². The van der Waals surface area contributed by atoms with E-state index in [1.54, 1.807) is 30.0 Å². The molecule has 0 fully saturated rings. The number of benzene rings is 2. The van der Waals surface area contributed by atoms with Crippen LogP contribution in [0.15, 0.2) is 42.5 Å². The highest BCUT2D eigenvalue weighted by atomic mass is 35.5. The number of amides is 1. The highest BCUT2D eigenvalue weighted by Gasteiger charge is 2.19. The van der Waals surface area contributed by atoms with Gasteiger partial charge in [0, 0.05) is 25.8 Å². The van der Waals surface area contributed by atoms with E-state index >= 15 is 0 Å². The number of hydrogen-bond acceptors (Lipinski definition) is 4. The van der Waals surface area contributed by atoms with Gasteiger partial charge in [-0.1, -0.05) is 53.0 Å². The first-order valence-electron chi connectivity index (χ1n) is 8.76. The maximum atomic E-state index is 12.5. The van der Waals surface area contributed by atoms with E-state index in [9.17, 15) is 4.79 Å². The lowest BCUT2D eigenvalue weighted by Crippen LogP contribution is -2.26. The highest BCUT2D eigenvalue weighted by molar-refractivity contribution is 6.42. The molecule has 0 aliphatic rings. The molecule has 0 radical (unpaired) electrons. The van der Waals surface area contributed by atoms with Crippen LogP contribution in [-0.4, -0.2) is 40.9 Å². The van der Waals surface area contributed by atoms with Crippen molar-refractivity contribution in [2.24, 2.45) is 0 Å². The zero-order valence-corrected chi connectivity index (χ0v) is 17.1. The summed E-state index contributed by atoms with van der Waals surface area (Å²) in [6, 6.07) is 13.0. The minimum atomic E-state index is -0.344. The minimum Gasteiger partial charge on any atom is -0.385 e. The average molecular weight is 419 g/mol. The van der Waals surface area contributed by atoms with Crippen molar-refractivity contribution in [3.8, 4) is 17.1 Å². The second-order valence-corrected chi connectivity index (χ2v) is 7.05. The van der Waals surface area contributed by atoms with Gasteiger partial charge in [0.25, 0.3) is 5.91 Å². The second-order valence-electron chi connectivity index (χ2n) is 6.24. The van der Waals surface area contributed by atoms with Crippen LogP contribution in [0.1, 0.15) is 22.6 Å². The third-order valence-corrected chi connectivity index (χ3v) is 4.82. The first kappa shape index (κ1) is 20.3. The number of aromatic nitrogens is 3. The van der Waals surface area contributed by atoms with Gasteiger partial charge in [0.05, 0.1) is 15.7 Å². The smallest absolute Gasteiger partial charge is 0.290 e. The molecule has 0 saturated heterocycles. The molecule has 3 aromatic rings. The van der Waals surface area contributed by atoms with Crippen molar-refractivity contribution in [2.75, 3.05) is 20.3 Å². The molecule has 1 amide bonds. The summed E-state index contributed by atoms with van der Waals surface area (Å²) in [5, 5.41) is 8.05. The second kappa shape index (κ2) is 9.19. The molecule has 0 saturated carbocycles. The van der Waals surface area contributed by atoms with Crippen molar-refractivity contribution in [1.29, 1.82) is 0 Å². The number of hydrogen-bond donors (Lipinski definition) is 1. The van der Waals surface area contributed by atoms with Gasteiger partial charge in [-0.05, 0) is 31.5 Å². The summed E-state index contributed by atoms with van der Waals surface area (Å²) >= 11 is 12.2. The van der Waals surface area contributed by atoms with Crippen LogP contribution >= 0.6 is 23.2 Å². The number of rotatable bonds is 7. The number of aryl methyl sites for hydroxylation is 1. The van der Waals surface area contributed by atoms with Gasteiger partial charge in [0.2, 0.25) is 5.82 Å². The summed E-state index contributed by atoms with van der Waals surface area (Å²) < 4.78 is 6.58. The van der Waals surface area contributed by atoms with Crippen LogP contribution in [0.2, 0.25) is 10.0 Å². The predicted molar refractivity (Wildman–Crippen MR) is 110 cm³/mol. The lowest BCUT2D eigenvalue weighted by molar-refractivity contribution is 0.0938. The number of carbonyl (C=O) groups is 1. The van der Waals surface area contributed by atoms with Crippen LogP contribution < -0.4 is 5.32 Å². The average Bonchev–Trinajstić information content (AvgIpc) is 3.13. The van der Waals surface area contributed by atoms with E-state index in [1.807, 2.05) is 31.2 Å². The predicted octanol–water partition coefficient (Wildman–Crippen LogP) is 4.32. The minimum absolute atomic E-state index is 0.0825. The molecule has 3 rings (SSSR count). The Labute approximate surface area is 173 Å². The zero-order valence-electron chi connectivity index (χ0n) is 15.6. The molecule has 0 bridgehead atoms. The molecule has 0 aliphatic carbocycles. The van der Waals surface area contributed by atoms with Crippen molar-refractivity contribution in [1.82, 2.24) is 20.1 Å². The molecule has 1 heterocycles.